The van der Waals surface area contributed by atoms with E-state index in [0.29, 0.717) is 5.56 Å². The van der Waals surface area contributed by atoms with Crippen LogP contribution in [0.3, 0.4) is 0 Å². The number of hydrogen-bond acceptors (Lipinski definition) is 2. The number of hydrogen-bond donors (Lipinski definition) is 0. The topological polar surface area (TPSA) is 34.1 Å². The van der Waals surface area contributed by atoms with Crippen LogP contribution in [0.5, 0.6) is 0 Å². The van der Waals surface area contributed by atoms with Crippen LogP contribution in [0, 0.1) is 17.7 Å². The number of halogens is 2. The standard InChI is InChI=1S/C22H20ClFO2/c1-2-12-3-4-13(14-7-8-18(23)19(24)11-14)10-17(12)20-21(25)15-5-6-16(9-15)22(20)26/h3-4,7-8,10-11,15-16,20H,2,5-6,9H2,1H3/t15-,16+,20?. The van der Waals surface area contributed by atoms with Gasteiger partial charge in [-0.05, 0) is 66.1 Å². The Morgan fingerprint density at radius 3 is 2.23 bits per heavy atom. The second-order valence-corrected chi connectivity index (χ2v) is 7.75. The third-order valence-electron chi connectivity index (χ3n) is 5.90. The highest BCUT2D eigenvalue weighted by atomic mass is 35.5. The molecule has 2 saturated carbocycles. The quantitative estimate of drug-likeness (QED) is 0.681. The molecule has 134 valence electrons. The van der Waals surface area contributed by atoms with E-state index in [1.54, 1.807) is 6.07 Å². The van der Waals surface area contributed by atoms with Crippen molar-refractivity contribution in [3.8, 4) is 11.1 Å². The van der Waals surface area contributed by atoms with Gasteiger partial charge in [-0.3, -0.25) is 9.59 Å². The summed E-state index contributed by atoms with van der Waals surface area (Å²) in [4.78, 5) is 25.8. The van der Waals surface area contributed by atoms with E-state index in [2.05, 4.69) is 0 Å². The lowest BCUT2D eigenvalue weighted by Crippen LogP contribution is -2.35. The Hall–Kier alpha value is -2.00. The Morgan fingerprint density at radius 2 is 1.62 bits per heavy atom. The van der Waals surface area contributed by atoms with E-state index >= 15 is 0 Å². The van der Waals surface area contributed by atoms with Crippen LogP contribution in [0.25, 0.3) is 11.1 Å². The van der Waals surface area contributed by atoms with Crippen molar-refractivity contribution in [3.05, 3.63) is 58.4 Å². The number of benzene rings is 2. The fourth-order valence-electron chi connectivity index (χ4n) is 4.46. The van der Waals surface area contributed by atoms with Gasteiger partial charge in [-0.2, -0.15) is 0 Å². The first kappa shape index (κ1) is 17.4. The number of Topliss-reactive ketones (excluding diaryl/α,β-unsaturated/α-hetero) is 2. The molecule has 0 spiro atoms. The third kappa shape index (κ3) is 2.79. The molecule has 2 nitrogen and oxygen atoms in total. The van der Waals surface area contributed by atoms with Gasteiger partial charge in [-0.1, -0.05) is 36.7 Å². The van der Waals surface area contributed by atoms with Crippen molar-refractivity contribution in [2.45, 2.75) is 38.5 Å². The van der Waals surface area contributed by atoms with Gasteiger partial charge in [-0.15, -0.1) is 0 Å². The molecule has 0 aromatic heterocycles. The predicted octanol–water partition coefficient (Wildman–Crippen LogP) is 5.36. The second-order valence-electron chi connectivity index (χ2n) is 7.34. The van der Waals surface area contributed by atoms with Gasteiger partial charge in [0, 0.05) is 11.8 Å². The Kier molecular flexibility index (Phi) is 4.44. The van der Waals surface area contributed by atoms with E-state index in [0.717, 1.165) is 42.4 Å². The first-order chi connectivity index (χ1) is 12.5. The first-order valence-electron chi connectivity index (χ1n) is 9.15. The van der Waals surface area contributed by atoms with Gasteiger partial charge in [0.25, 0.3) is 0 Å². The molecule has 2 bridgehead atoms. The summed E-state index contributed by atoms with van der Waals surface area (Å²) in [6.45, 7) is 2.02. The number of aryl methyl sites for hydroxylation is 1. The smallest absolute Gasteiger partial charge is 0.150 e. The minimum atomic E-state index is -0.659. The molecule has 2 aliphatic carbocycles. The van der Waals surface area contributed by atoms with Crippen molar-refractivity contribution in [2.24, 2.45) is 11.8 Å². The summed E-state index contributed by atoms with van der Waals surface area (Å²) >= 11 is 5.78. The lowest BCUT2D eigenvalue weighted by atomic mass is 9.73. The summed E-state index contributed by atoms with van der Waals surface area (Å²) in [5.74, 6) is -0.967. The SMILES string of the molecule is CCc1ccc(-c2ccc(Cl)c(F)c2)cc1C1C(=O)[C@@H]2CC[C@@H](C2)C1=O. The van der Waals surface area contributed by atoms with Gasteiger partial charge in [0.15, 0.2) is 11.6 Å². The van der Waals surface area contributed by atoms with Gasteiger partial charge in [-0.25, -0.2) is 4.39 Å². The molecular weight excluding hydrogens is 351 g/mol. The summed E-state index contributed by atoms with van der Waals surface area (Å²) in [5, 5.41) is 0.0772. The Bertz CT molecular complexity index is 883. The minimum absolute atomic E-state index is 0.0176. The van der Waals surface area contributed by atoms with E-state index in [1.807, 2.05) is 25.1 Å². The van der Waals surface area contributed by atoms with Crippen LogP contribution in [0.15, 0.2) is 36.4 Å². The highest BCUT2D eigenvalue weighted by Gasteiger charge is 2.47. The Balaban J connectivity index is 1.81. The van der Waals surface area contributed by atoms with Crippen molar-refractivity contribution >= 4 is 23.2 Å². The summed E-state index contributed by atoms with van der Waals surface area (Å²) in [5.41, 5.74) is 3.30. The molecule has 2 aliphatic rings. The monoisotopic (exact) mass is 370 g/mol. The number of carbonyl (C=O) groups excluding carboxylic acids is 2. The van der Waals surface area contributed by atoms with Crippen LogP contribution in [0.1, 0.15) is 43.2 Å². The van der Waals surface area contributed by atoms with Crippen molar-refractivity contribution < 1.29 is 14.0 Å². The lowest BCUT2D eigenvalue weighted by molar-refractivity contribution is -0.135. The Morgan fingerprint density at radius 1 is 1.00 bits per heavy atom. The molecule has 0 radical (unpaired) electrons. The van der Waals surface area contributed by atoms with E-state index in [1.165, 1.54) is 12.1 Å². The van der Waals surface area contributed by atoms with E-state index in [9.17, 15) is 14.0 Å². The number of carbonyl (C=O) groups is 2. The highest BCUT2D eigenvalue weighted by Crippen LogP contribution is 2.45. The average Bonchev–Trinajstić information content (AvgIpc) is 3.10. The summed E-state index contributed by atoms with van der Waals surface area (Å²) in [6.07, 6.45) is 3.12. The van der Waals surface area contributed by atoms with E-state index in [-0.39, 0.29) is 28.4 Å². The van der Waals surface area contributed by atoms with E-state index in [4.69, 9.17) is 11.6 Å². The molecule has 4 heteroatoms. The van der Waals surface area contributed by atoms with Gasteiger partial charge in [0.2, 0.25) is 0 Å². The number of rotatable bonds is 3. The van der Waals surface area contributed by atoms with Crippen LogP contribution in [0.2, 0.25) is 5.02 Å². The molecular formula is C22H20ClFO2. The molecule has 0 heterocycles. The maximum Gasteiger partial charge on any atom is 0.150 e. The highest BCUT2D eigenvalue weighted by molar-refractivity contribution is 6.30. The normalized spacial score (nSPS) is 25.0. The van der Waals surface area contributed by atoms with Crippen molar-refractivity contribution in [3.63, 3.8) is 0 Å². The van der Waals surface area contributed by atoms with Crippen LogP contribution < -0.4 is 0 Å². The number of ketones is 2. The summed E-state index contributed by atoms with van der Waals surface area (Å²) < 4.78 is 13.9. The van der Waals surface area contributed by atoms with Crippen LogP contribution in [0.4, 0.5) is 4.39 Å². The van der Waals surface area contributed by atoms with Gasteiger partial charge in [0.05, 0.1) is 5.02 Å². The number of fused-ring (bicyclic) bond motifs is 2. The van der Waals surface area contributed by atoms with Crippen LogP contribution >= 0.6 is 11.6 Å². The fourth-order valence-corrected chi connectivity index (χ4v) is 4.57. The van der Waals surface area contributed by atoms with Crippen LogP contribution in [-0.2, 0) is 16.0 Å². The Labute approximate surface area is 157 Å². The maximum absolute atomic E-state index is 13.9. The first-order valence-corrected chi connectivity index (χ1v) is 9.53. The zero-order valence-corrected chi connectivity index (χ0v) is 15.4. The molecule has 2 fully saturated rings. The largest absolute Gasteiger partial charge is 0.298 e. The van der Waals surface area contributed by atoms with E-state index < -0.39 is 11.7 Å². The molecule has 0 saturated heterocycles. The third-order valence-corrected chi connectivity index (χ3v) is 6.20. The molecule has 1 unspecified atom stereocenters. The van der Waals surface area contributed by atoms with Crippen molar-refractivity contribution in [2.75, 3.05) is 0 Å². The molecule has 3 atom stereocenters. The maximum atomic E-state index is 13.9. The zero-order valence-electron chi connectivity index (χ0n) is 14.6. The van der Waals surface area contributed by atoms with Gasteiger partial charge in [0.1, 0.15) is 11.7 Å². The van der Waals surface area contributed by atoms with Crippen molar-refractivity contribution in [1.82, 2.24) is 0 Å². The molecule has 0 amide bonds. The van der Waals surface area contributed by atoms with Gasteiger partial charge >= 0.3 is 0 Å². The van der Waals surface area contributed by atoms with Gasteiger partial charge < -0.3 is 0 Å². The van der Waals surface area contributed by atoms with Crippen molar-refractivity contribution in [1.29, 1.82) is 0 Å². The average molecular weight is 371 g/mol. The molecule has 4 rings (SSSR count). The predicted molar refractivity (Wildman–Crippen MR) is 99.8 cm³/mol. The molecule has 0 N–H and O–H groups in total. The summed E-state index contributed by atoms with van der Waals surface area (Å²) in [7, 11) is 0. The second kappa shape index (κ2) is 6.62. The lowest BCUT2D eigenvalue weighted by Gasteiger charge is -2.27. The fraction of sp³-hybridized carbons (Fsp3) is 0.364. The molecule has 2 aromatic rings. The summed E-state index contributed by atoms with van der Waals surface area (Å²) in [6, 6.07) is 10.4. The van der Waals surface area contributed by atoms with Crippen LogP contribution in [-0.4, -0.2) is 11.6 Å². The minimum Gasteiger partial charge on any atom is -0.298 e. The zero-order chi connectivity index (χ0) is 18.4. The molecule has 26 heavy (non-hydrogen) atoms. The molecule has 2 aromatic carbocycles. The molecule has 0 aliphatic heterocycles.